The Bertz CT molecular complexity index is 690. The van der Waals surface area contributed by atoms with Crippen molar-refractivity contribution in [1.29, 1.82) is 0 Å². The van der Waals surface area contributed by atoms with Crippen molar-refractivity contribution in [2.24, 2.45) is 5.92 Å². The SMILES string of the molecule is CSc1ccc(C(=CC2CCSCC2)C(=O)Nc2nccs2)cc1. The summed E-state index contributed by atoms with van der Waals surface area (Å²) < 4.78 is 0. The second kappa shape index (κ2) is 8.74. The monoisotopic (exact) mass is 376 g/mol. The van der Waals surface area contributed by atoms with Gasteiger partial charge >= 0.3 is 0 Å². The molecule has 0 radical (unpaired) electrons. The molecule has 3 rings (SSSR count). The minimum atomic E-state index is -0.0694. The van der Waals surface area contributed by atoms with E-state index in [1.54, 1.807) is 18.0 Å². The molecule has 1 N–H and O–H groups in total. The largest absolute Gasteiger partial charge is 0.298 e. The molecule has 0 atom stereocenters. The first-order valence-electron chi connectivity index (χ1n) is 7.91. The molecule has 1 aliphatic rings. The number of benzene rings is 1. The highest BCUT2D eigenvalue weighted by Gasteiger charge is 2.18. The molecule has 0 spiro atoms. The fourth-order valence-corrected chi connectivity index (χ4v) is 4.72. The molecule has 0 bridgehead atoms. The summed E-state index contributed by atoms with van der Waals surface area (Å²) in [6.45, 7) is 0. The van der Waals surface area contributed by atoms with E-state index in [1.807, 2.05) is 29.3 Å². The molecular weight excluding hydrogens is 356 g/mol. The first-order chi connectivity index (χ1) is 11.8. The van der Waals surface area contributed by atoms with Gasteiger partial charge in [-0.3, -0.25) is 10.1 Å². The molecule has 2 aromatic rings. The van der Waals surface area contributed by atoms with Crippen LogP contribution in [-0.2, 0) is 4.79 Å². The minimum Gasteiger partial charge on any atom is -0.298 e. The maximum Gasteiger partial charge on any atom is 0.257 e. The summed E-state index contributed by atoms with van der Waals surface area (Å²) in [6.07, 6.45) is 8.20. The van der Waals surface area contributed by atoms with E-state index in [-0.39, 0.29) is 5.91 Å². The van der Waals surface area contributed by atoms with Crippen molar-refractivity contribution in [3.63, 3.8) is 0 Å². The Morgan fingerprint density at radius 1 is 1.29 bits per heavy atom. The van der Waals surface area contributed by atoms with Crippen LogP contribution >= 0.6 is 34.9 Å². The van der Waals surface area contributed by atoms with Crippen LogP contribution in [0.3, 0.4) is 0 Å². The van der Waals surface area contributed by atoms with Crippen molar-refractivity contribution in [3.05, 3.63) is 47.5 Å². The standard InChI is InChI=1S/C18H20N2OS3/c1-22-15-4-2-14(3-5-15)16(12-13-6-9-23-10-7-13)17(21)20-18-19-8-11-24-18/h2-5,8,11-13H,6-7,9-10H2,1H3,(H,19,20,21). The molecule has 1 fully saturated rings. The van der Waals surface area contributed by atoms with Crippen LogP contribution in [-0.4, -0.2) is 28.7 Å². The number of carbonyl (C=O) groups is 1. The lowest BCUT2D eigenvalue weighted by Gasteiger charge is -2.19. The van der Waals surface area contributed by atoms with Crippen molar-refractivity contribution >= 4 is 51.5 Å². The number of nitrogens with one attached hydrogen (secondary N) is 1. The lowest BCUT2D eigenvalue weighted by molar-refractivity contribution is -0.111. The molecule has 126 valence electrons. The summed E-state index contributed by atoms with van der Waals surface area (Å²) in [4.78, 5) is 18.2. The zero-order chi connectivity index (χ0) is 16.8. The normalized spacial score (nSPS) is 16.1. The predicted octanol–water partition coefficient (Wildman–Crippen LogP) is 5.03. The summed E-state index contributed by atoms with van der Waals surface area (Å²) in [6, 6.07) is 8.22. The highest BCUT2D eigenvalue weighted by Crippen LogP contribution is 2.29. The van der Waals surface area contributed by atoms with E-state index in [2.05, 4.69) is 34.8 Å². The highest BCUT2D eigenvalue weighted by atomic mass is 32.2. The topological polar surface area (TPSA) is 42.0 Å². The molecule has 1 saturated heterocycles. The van der Waals surface area contributed by atoms with Crippen molar-refractivity contribution in [1.82, 2.24) is 4.98 Å². The third-order valence-electron chi connectivity index (χ3n) is 3.97. The van der Waals surface area contributed by atoms with Crippen LogP contribution in [0.4, 0.5) is 5.13 Å². The number of rotatable bonds is 5. The number of nitrogens with zero attached hydrogens (tertiary/aromatic N) is 1. The van der Waals surface area contributed by atoms with Crippen molar-refractivity contribution in [3.8, 4) is 0 Å². The lowest BCUT2D eigenvalue weighted by atomic mass is 9.95. The molecule has 24 heavy (non-hydrogen) atoms. The van der Waals surface area contributed by atoms with Crippen LogP contribution < -0.4 is 5.32 Å². The van der Waals surface area contributed by atoms with Gasteiger partial charge in [0.25, 0.3) is 5.91 Å². The average molecular weight is 377 g/mol. The van der Waals surface area contributed by atoms with Crippen LogP contribution in [0.15, 0.2) is 46.8 Å². The summed E-state index contributed by atoms with van der Waals surface area (Å²) >= 11 is 5.14. The molecule has 1 aromatic heterocycles. The molecule has 6 heteroatoms. The van der Waals surface area contributed by atoms with Gasteiger partial charge < -0.3 is 0 Å². The second-order valence-electron chi connectivity index (χ2n) is 5.55. The Kier molecular flexibility index (Phi) is 6.40. The third kappa shape index (κ3) is 4.65. The number of thioether (sulfide) groups is 2. The van der Waals surface area contributed by atoms with Gasteiger partial charge in [0.2, 0.25) is 0 Å². The fraction of sp³-hybridized carbons (Fsp3) is 0.333. The van der Waals surface area contributed by atoms with E-state index >= 15 is 0 Å². The molecule has 1 aromatic carbocycles. The van der Waals surface area contributed by atoms with Gasteiger partial charge in [-0.05, 0) is 54.2 Å². The van der Waals surface area contributed by atoms with Crippen molar-refractivity contribution in [2.45, 2.75) is 17.7 Å². The van der Waals surface area contributed by atoms with Crippen LogP contribution in [0, 0.1) is 5.92 Å². The Morgan fingerprint density at radius 3 is 2.67 bits per heavy atom. The fourth-order valence-electron chi connectivity index (χ4n) is 2.64. The van der Waals surface area contributed by atoms with E-state index in [0.29, 0.717) is 11.0 Å². The number of allylic oxidation sites excluding steroid dienone is 1. The first-order valence-corrected chi connectivity index (χ1v) is 11.2. The van der Waals surface area contributed by atoms with Crippen LogP contribution in [0.1, 0.15) is 18.4 Å². The maximum absolute atomic E-state index is 12.8. The third-order valence-corrected chi connectivity index (χ3v) is 6.45. The molecule has 1 amide bonds. The molecule has 3 nitrogen and oxygen atoms in total. The maximum atomic E-state index is 12.8. The van der Waals surface area contributed by atoms with Gasteiger partial charge in [-0.15, -0.1) is 23.1 Å². The van der Waals surface area contributed by atoms with E-state index in [1.165, 1.54) is 27.7 Å². The summed E-state index contributed by atoms with van der Waals surface area (Å²) in [5.74, 6) is 2.76. The second-order valence-corrected chi connectivity index (χ2v) is 8.55. The number of aromatic nitrogens is 1. The Morgan fingerprint density at radius 2 is 2.04 bits per heavy atom. The number of hydrogen-bond acceptors (Lipinski definition) is 5. The smallest absolute Gasteiger partial charge is 0.257 e. The average Bonchev–Trinajstić information content (AvgIpc) is 3.13. The molecule has 0 unspecified atom stereocenters. The van der Waals surface area contributed by atoms with Gasteiger partial charge in [0.15, 0.2) is 5.13 Å². The molecule has 1 aliphatic heterocycles. The van der Waals surface area contributed by atoms with Gasteiger partial charge in [0.1, 0.15) is 0 Å². The van der Waals surface area contributed by atoms with E-state index in [4.69, 9.17) is 0 Å². The lowest BCUT2D eigenvalue weighted by Crippen LogP contribution is -2.16. The summed E-state index contributed by atoms with van der Waals surface area (Å²) in [5.41, 5.74) is 1.73. The quantitative estimate of drug-likeness (QED) is 0.587. The number of anilines is 1. The van der Waals surface area contributed by atoms with Crippen LogP contribution in [0.2, 0.25) is 0 Å². The summed E-state index contributed by atoms with van der Waals surface area (Å²) in [7, 11) is 0. The first kappa shape index (κ1) is 17.6. The minimum absolute atomic E-state index is 0.0694. The van der Waals surface area contributed by atoms with Gasteiger partial charge in [0, 0.05) is 22.0 Å². The predicted molar refractivity (Wildman–Crippen MR) is 107 cm³/mol. The molecule has 0 aliphatic carbocycles. The van der Waals surface area contributed by atoms with Gasteiger partial charge in [0.05, 0.1) is 0 Å². The molecule has 2 heterocycles. The van der Waals surface area contributed by atoms with E-state index in [9.17, 15) is 4.79 Å². The van der Waals surface area contributed by atoms with E-state index < -0.39 is 0 Å². The zero-order valence-corrected chi connectivity index (χ0v) is 16.0. The number of hydrogen-bond donors (Lipinski definition) is 1. The van der Waals surface area contributed by atoms with E-state index in [0.717, 1.165) is 24.0 Å². The Hall–Kier alpha value is -1.24. The Balaban J connectivity index is 1.86. The number of amides is 1. The highest BCUT2D eigenvalue weighted by molar-refractivity contribution is 7.99. The van der Waals surface area contributed by atoms with Gasteiger partial charge in [-0.2, -0.15) is 11.8 Å². The zero-order valence-electron chi connectivity index (χ0n) is 13.5. The van der Waals surface area contributed by atoms with Crippen LogP contribution in [0.5, 0.6) is 0 Å². The molecular formula is C18H20N2OS3. The number of carbonyl (C=O) groups excluding carboxylic acids is 1. The van der Waals surface area contributed by atoms with Gasteiger partial charge in [-0.25, -0.2) is 4.98 Å². The number of thiazole rings is 1. The summed E-state index contributed by atoms with van der Waals surface area (Å²) in [5, 5.41) is 5.44. The Labute approximate surface area is 155 Å². The molecule has 0 saturated carbocycles. The van der Waals surface area contributed by atoms with Crippen molar-refractivity contribution < 1.29 is 4.79 Å². The van der Waals surface area contributed by atoms with Crippen molar-refractivity contribution in [2.75, 3.05) is 23.1 Å². The van der Waals surface area contributed by atoms with Crippen LogP contribution in [0.25, 0.3) is 5.57 Å². The van der Waals surface area contributed by atoms with Gasteiger partial charge in [-0.1, -0.05) is 18.2 Å².